The minimum absolute atomic E-state index is 0.0712. The van der Waals surface area contributed by atoms with Gasteiger partial charge in [-0.1, -0.05) is 65.0 Å². The van der Waals surface area contributed by atoms with Gasteiger partial charge < -0.3 is 14.9 Å². The van der Waals surface area contributed by atoms with E-state index in [1.54, 1.807) is 0 Å². The maximum Gasteiger partial charge on any atom is 0.138 e. The molecule has 2 rings (SSSR count). The maximum atomic E-state index is 12.4. The molecule has 0 fully saturated rings. The number of rotatable bonds is 11. The van der Waals surface area contributed by atoms with Crippen molar-refractivity contribution in [3.8, 4) is 5.75 Å². The van der Waals surface area contributed by atoms with Gasteiger partial charge in [-0.25, -0.2) is 0 Å². The average Bonchev–Trinajstić information content (AvgIpc) is 2.78. The fraction of sp³-hybridized carbons (Fsp3) is 0.552. The first-order chi connectivity index (χ1) is 15.5. The largest absolute Gasteiger partial charge is 0.491 e. The molecule has 4 heteroatoms. The van der Waals surface area contributed by atoms with Crippen molar-refractivity contribution in [3.63, 3.8) is 0 Å². The van der Waals surface area contributed by atoms with Gasteiger partial charge in [0.1, 0.15) is 24.2 Å². The summed E-state index contributed by atoms with van der Waals surface area (Å²) in [4.78, 5) is 12.4. The summed E-state index contributed by atoms with van der Waals surface area (Å²) in [5.74, 6) is 1.02. The molecule has 0 aliphatic rings. The van der Waals surface area contributed by atoms with Crippen LogP contribution >= 0.6 is 0 Å². The zero-order valence-electron chi connectivity index (χ0n) is 21.5. The van der Waals surface area contributed by atoms with Crippen LogP contribution in [0.1, 0.15) is 81.7 Å². The molecule has 2 N–H and O–H groups in total. The molecular weight excluding hydrogens is 412 g/mol. The van der Waals surface area contributed by atoms with Gasteiger partial charge in [-0.3, -0.25) is 4.79 Å². The number of aliphatic hydroxyl groups is 2. The van der Waals surface area contributed by atoms with E-state index >= 15 is 0 Å². The lowest BCUT2D eigenvalue weighted by Gasteiger charge is -2.34. The number of carbonyl (C=O) groups is 1. The standard InChI is InChI=1S/C29H42O4/c1-8-29(9-2,24-13-14-26(21(4)17-24)33-19-25(31)18-30)23-12-10-22(20(3)16-23)11-15-27(32)28(5,6)7/h10,12-14,16-17,25,30-31H,8-9,11,15,18-19H2,1-7H3/t25-/m0/s1. The third-order valence-corrected chi connectivity index (χ3v) is 6.93. The number of aliphatic hydroxyl groups excluding tert-OH is 2. The van der Waals surface area contributed by atoms with Gasteiger partial charge in [0.25, 0.3) is 0 Å². The first kappa shape index (κ1) is 27.1. The molecule has 2 aromatic carbocycles. The van der Waals surface area contributed by atoms with E-state index in [2.05, 4.69) is 51.1 Å². The van der Waals surface area contributed by atoms with Gasteiger partial charge in [0.05, 0.1) is 6.61 Å². The van der Waals surface area contributed by atoms with Crippen LogP contribution in [0.3, 0.4) is 0 Å². The Labute approximate surface area is 200 Å². The Morgan fingerprint density at radius 1 is 0.970 bits per heavy atom. The number of Topliss-reactive ketones (excluding diaryl/α,β-unsaturated/α-hetero) is 1. The predicted octanol–water partition coefficient (Wildman–Crippen LogP) is 5.69. The van der Waals surface area contributed by atoms with Crippen LogP contribution in [0.4, 0.5) is 0 Å². The number of benzene rings is 2. The summed E-state index contributed by atoms with van der Waals surface area (Å²) < 4.78 is 5.70. The quantitative estimate of drug-likeness (QED) is 0.458. The summed E-state index contributed by atoms with van der Waals surface area (Å²) in [6.07, 6.45) is 2.40. The van der Waals surface area contributed by atoms with Gasteiger partial charge in [-0.2, -0.15) is 0 Å². The van der Waals surface area contributed by atoms with Crippen molar-refractivity contribution in [2.75, 3.05) is 13.2 Å². The van der Waals surface area contributed by atoms with Crippen molar-refractivity contribution in [2.24, 2.45) is 5.41 Å². The van der Waals surface area contributed by atoms with Crippen molar-refractivity contribution in [1.29, 1.82) is 0 Å². The summed E-state index contributed by atoms with van der Waals surface area (Å²) in [5.41, 5.74) is 5.61. The van der Waals surface area contributed by atoms with Crippen molar-refractivity contribution in [2.45, 2.75) is 85.7 Å². The minimum Gasteiger partial charge on any atom is -0.491 e. The smallest absolute Gasteiger partial charge is 0.138 e. The van der Waals surface area contributed by atoms with E-state index in [1.165, 1.54) is 22.3 Å². The second-order valence-electron chi connectivity index (χ2n) is 10.2. The third-order valence-electron chi connectivity index (χ3n) is 6.93. The molecule has 0 aliphatic carbocycles. The normalized spacial score (nSPS) is 13.1. The number of hydrogen-bond donors (Lipinski definition) is 2. The molecule has 0 aromatic heterocycles. The van der Waals surface area contributed by atoms with Crippen LogP contribution in [0.25, 0.3) is 0 Å². The molecule has 0 saturated carbocycles. The lowest BCUT2D eigenvalue weighted by Crippen LogP contribution is -2.27. The second kappa shape index (κ2) is 11.3. The highest BCUT2D eigenvalue weighted by Crippen LogP contribution is 2.41. The predicted molar refractivity (Wildman–Crippen MR) is 135 cm³/mol. The molecule has 1 atom stereocenters. The molecule has 0 saturated heterocycles. The van der Waals surface area contributed by atoms with Crippen LogP contribution in [0.5, 0.6) is 5.75 Å². The van der Waals surface area contributed by atoms with Crippen molar-refractivity contribution in [1.82, 2.24) is 0 Å². The highest BCUT2D eigenvalue weighted by atomic mass is 16.5. The molecule has 0 bridgehead atoms. The molecule has 2 aromatic rings. The Kier molecular flexibility index (Phi) is 9.28. The summed E-state index contributed by atoms with van der Waals surface area (Å²) in [6, 6.07) is 13.0. The summed E-state index contributed by atoms with van der Waals surface area (Å²) in [5, 5.41) is 18.6. The molecular formula is C29H42O4. The lowest BCUT2D eigenvalue weighted by molar-refractivity contribution is -0.126. The highest BCUT2D eigenvalue weighted by molar-refractivity contribution is 5.83. The van der Waals surface area contributed by atoms with Crippen LogP contribution in [0.15, 0.2) is 36.4 Å². The van der Waals surface area contributed by atoms with Crippen LogP contribution in [-0.4, -0.2) is 35.3 Å². The number of carbonyl (C=O) groups excluding carboxylic acids is 1. The third kappa shape index (κ3) is 6.45. The van der Waals surface area contributed by atoms with E-state index < -0.39 is 6.10 Å². The van der Waals surface area contributed by atoms with E-state index in [4.69, 9.17) is 9.84 Å². The number of ether oxygens (including phenoxy) is 1. The molecule has 0 amide bonds. The second-order valence-corrected chi connectivity index (χ2v) is 10.2. The van der Waals surface area contributed by atoms with E-state index in [0.29, 0.717) is 12.2 Å². The van der Waals surface area contributed by atoms with Gasteiger partial charge in [0.15, 0.2) is 0 Å². The maximum absolute atomic E-state index is 12.4. The Balaban J connectivity index is 2.32. The Morgan fingerprint density at radius 3 is 2.03 bits per heavy atom. The molecule has 33 heavy (non-hydrogen) atoms. The molecule has 182 valence electrons. The van der Waals surface area contributed by atoms with Gasteiger partial charge in [-0.15, -0.1) is 0 Å². The monoisotopic (exact) mass is 454 g/mol. The SMILES string of the molecule is CCC(CC)(c1ccc(CCC(=O)C(C)(C)C)c(C)c1)c1ccc(OC[C@@H](O)CO)c(C)c1. The van der Waals surface area contributed by atoms with Crippen LogP contribution in [-0.2, 0) is 16.6 Å². The number of aryl methyl sites for hydroxylation is 3. The summed E-state index contributed by atoms with van der Waals surface area (Å²) in [7, 11) is 0. The zero-order chi connectivity index (χ0) is 24.8. The zero-order valence-corrected chi connectivity index (χ0v) is 21.5. The van der Waals surface area contributed by atoms with E-state index in [1.807, 2.05) is 33.8 Å². The summed E-state index contributed by atoms with van der Waals surface area (Å²) in [6.45, 7) is 14.3. The molecule has 0 aliphatic heterocycles. The topological polar surface area (TPSA) is 66.8 Å². The number of ketones is 1. The van der Waals surface area contributed by atoms with Crippen LogP contribution in [0.2, 0.25) is 0 Å². The fourth-order valence-corrected chi connectivity index (χ4v) is 4.48. The van der Waals surface area contributed by atoms with Gasteiger partial charge >= 0.3 is 0 Å². The van der Waals surface area contributed by atoms with E-state index in [9.17, 15) is 9.90 Å². The first-order valence-corrected chi connectivity index (χ1v) is 12.1. The summed E-state index contributed by atoms with van der Waals surface area (Å²) >= 11 is 0. The Hall–Kier alpha value is -2.17. The highest BCUT2D eigenvalue weighted by Gasteiger charge is 2.31. The van der Waals surface area contributed by atoms with E-state index in [0.717, 1.165) is 30.6 Å². The fourth-order valence-electron chi connectivity index (χ4n) is 4.48. The molecule has 0 radical (unpaired) electrons. The van der Waals surface area contributed by atoms with Gasteiger partial charge in [0.2, 0.25) is 0 Å². The van der Waals surface area contributed by atoms with Crippen molar-refractivity contribution < 1.29 is 19.7 Å². The van der Waals surface area contributed by atoms with E-state index in [-0.39, 0.29) is 24.0 Å². The minimum atomic E-state index is -0.880. The van der Waals surface area contributed by atoms with Crippen molar-refractivity contribution in [3.05, 3.63) is 64.2 Å². The first-order valence-electron chi connectivity index (χ1n) is 12.1. The number of hydrogen-bond acceptors (Lipinski definition) is 4. The van der Waals surface area contributed by atoms with Crippen LogP contribution < -0.4 is 4.74 Å². The van der Waals surface area contributed by atoms with Crippen LogP contribution in [0, 0.1) is 19.3 Å². The molecule has 4 nitrogen and oxygen atoms in total. The molecule has 0 spiro atoms. The average molecular weight is 455 g/mol. The Bertz CT molecular complexity index is 935. The molecule has 0 unspecified atom stereocenters. The van der Waals surface area contributed by atoms with Crippen molar-refractivity contribution >= 4 is 5.78 Å². The lowest BCUT2D eigenvalue weighted by atomic mass is 9.69. The molecule has 0 heterocycles. The Morgan fingerprint density at radius 2 is 1.55 bits per heavy atom. The van der Waals surface area contributed by atoms with Gasteiger partial charge in [-0.05, 0) is 67.0 Å². The van der Waals surface area contributed by atoms with Gasteiger partial charge in [0, 0.05) is 17.3 Å².